The SMILES string of the molecule is CNc1cccc(C#CCCN2CC=C(c3ccccc3)CC2)c1. The number of benzene rings is 2. The van der Waals surface area contributed by atoms with Gasteiger partial charge in [0, 0.05) is 44.4 Å². The maximum Gasteiger partial charge on any atom is 0.0350 e. The Labute approximate surface area is 145 Å². The first-order valence-corrected chi connectivity index (χ1v) is 8.58. The molecular formula is C22H24N2. The molecule has 0 atom stereocenters. The van der Waals surface area contributed by atoms with E-state index in [9.17, 15) is 0 Å². The summed E-state index contributed by atoms with van der Waals surface area (Å²) in [6, 6.07) is 18.9. The predicted molar refractivity (Wildman–Crippen MR) is 103 cm³/mol. The van der Waals surface area contributed by atoms with E-state index in [2.05, 4.69) is 76.7 Å². The van der Waals surface area contributed by atoms with Gasteiger partial charge in [-0.3, -0.25) is 4.90 Å². The van der Waals surface area contributed by atoms with E-state index in [1.807, 2.05) is 13.1 Å². The van der Waals surface area contributed by atoms with Crippen molar-refractivity contribution < 1.29 is 0 Å². The molecule has 2 aromatic carbocycles. The highest BCUT2D eigenvalue weighted by Gasteiger charge is 2.11. The van der Waals surface area contributed by atoms with Gasteiger partial charge < -0.3 is 5.32 Å². The van der Waals surface area contributed by atoms with Crippen LogP contribution in [0.2, 0.25) is 0 Å². The molecule has 1 aliphatic heterocycles. The van der Waals surface area contributed by atoms with Crippen molar-refractivity contribution in [2.75, 3.05) is 32.0 Å². The molecule has 0 aliphatic carbocycles. The number of hydrogen-bond acceptors (Lipinski definition) is 2. The smallest absolute Gasteiger partial charge is 0.0350 e. The fourth-order valence-electron chi connectivity index (χ4n) is 2.96. The largest absolute Gasteiger partial charge is 0.388 e. The Bertz CT molecular complexity index is 750. The summed E-state index contributed by atoms with van der Waals surface area (Å²) in [7, 11) is 1.93. The maximum atomic E-state index is 3.30. The van der Waals surface area contributed by atoms with E-state index in [0.717, 1.165) is 43.7 Å². The second kappa shape index (κ2) is 8.38. The minimum atomic E-state index is 0.915. The Morgan fingerprint density at radius 2 is 1.96 bits per heavy atom. The molecule has 2 aromatic rings. The fourth-order valence-corrected chi connectivity index (χ4v) is 2.96. The van der Waals surface area contributed by atoms with Gasteiger partial charge in [0.1, 0.15) is 0 Å². The first kappa shape index (κ1) is 16.4. The van der Waals surface area contributed by atoms with E-state index in [1.54, 1.807) is 0 Å². The van der Waals surface area contributed by atoms with Crippen LogP contribution >= 0.6 is 0 Å². The van der Waals surface area contributed by atoms with Gasteiger partial charge in [-0.1, -0.05) is 54.3 Å². The lowest BCUT2D eigenvalue weighted by molar-refractivity contribution is 0.309. The van der Waals surface area contributed by atoms with Gasteiger partial charge >= 0.3 is 0 Å². The summed E-state index contributed by atoms with van der Waals surface area (Å²) in [4.78, 5) is 2.48. The molecule has 2 nitrogen and oxygen atoms in total. The predicted octanol–water partition coefficient (Wildman–Crippen LogP) is 4.26. The van der Waals surface area contributed by atoms with Gasteiger partial charge in [0.05, 0.1) is 0 Å². The minimum absolute atomic E-state index is 0.915. The van der Waals surface area contributed by atoms with Gasteiger partial charge in [0.25, 0.3) is 0 Å². The van der Waals surface area contributed by atoms with Crippen molar-refractivity contribution in [3.63, 3.8) is 0 Å². The molecule has 2 heteroatoms. The van der Waals surface area contributed by atoms with Crippen molar-refractivity contribution in [3.8, 4) is 11.8 Å². The first-order chi connectivity index (χ1) is 11.8. The van der Waals surface area contributed by atoms with Crippen LogP contribution in [-0.2, 0) is 0 Å². The molecule has 0 radical (unpaired) electrons. The molecule has 0 amide bonds. The molecule has 0 spiro atoms. The summed E-state index contributed by atoms with van der Waals surface area (Å²) in [5, 5.41) is 3.14. The third kappa shape index (κ3) is 4.50. The highest BCUT2D eigenvalue weighted by atomic mass is 15.1. The van der Waals surface area contributed by atoms with Crippen LogP contribution in [0.3, 0.4) is 0 Å². The zero-order chi connectivity index (χ0) is 16.6. The highest BCUT2D eigenvalue weighted by molar-refractivity contribution is 5.66. The Hall–Kier alpha value is -2.50. The lowest BCUT2D eigenvalue weighted by atomic mass is 9.99. The number of hydrogen-bond donors (Lipinski definition) is 1. The first-order valence-electron chi connectivity index (χ1n) is 8.58. The summed E-state index contributed by atoms with van der Waals surface area (Å²) >= 11 is 0. The molecule has 1 aliphatic rings. The van der Waals surface area contributed by atoms with E-state index in [1.165, 1.54) is 11.1 Å². The molecule has 1 heterocycles. The van der Waals surface area contributed by atoms with E-state index in [-0.39, 0.29) is 0 Å². The molecule has 0 unspecified atom stereocenters. The number of rotatable bonds is 4. The lowest BCUT2D eigenvalue weighted by Gasteiger charge is -2.25. The van der Waals surface area contributed by atoms with Gasteiger partial charge in [-0.25, -0.2) is 0 Å². The molecule has 24 heavy (non-hydrogen) atoms. The molecule has 0 fully saturated rings. The van der Waals surface area contributed by atoms with Crippen LogP contribution in [-0.4, -0.2) is 31.6 Å². The average molecular weight is 316 g/mol. The number of nitrogens with zero attached hydrogens (tertiary/aromatic N) is 1. The van der Waals surface area contributed by atoms with E-state index < -0.39 is 0 Å². The van der Waals surface area contributed by atoms with Gasteiger partial charge in [-0.2, -0.15) is 0 Å². The molecular weight excluding hydrogens is 292 g/mol. The van der Waals surface area contributed by atoms with Crippen LogP contribution in [0.5, 0.6) is 0 Å². The third-order valence-electron chi connectivity index (χ3n) is 4.37. The molecule has 3 rings (SSSR count). The van der Waals surface area contributed by atoms with Crippen molar-refractivity contribution in [2.24, 2.45) is 0 Å². The van der Waals surface area contributed by atoms with Gasteiger partial charge in [0.2, 0.25) is 0 Å². The Balaban J connectivity index is 1.49. The van der Waals surface area contributed by atoms with Crippen LogP contribution in [0.1, 0.15) is 24.0 Å². The molecule has 0 aromatic heterocycles. The highest BCUT2D eigenvalue weighted by Crippen LogP contribution is 2.21. The fraction of sp³-hybridized carbons (Fsp3) is 0.273. The second-order valence-corrected chi connectivity index (χ2v) is 6.03. The molecule has 0 saturated carbocycles. The lowest BCUT2D eigenvalue weighted by Crippen LogP contribution is -2.29. The number of anilines is 1. The Kier molecular flexibility index (Phi) is 5.71. The normalized spacial score (nSPS) is 14.5. The van der Waals surface area contributed by atoms with E-state index in [4.69, 9.17) is 0 Å². The zero-order valence-corrected chi connectivity index (χ0v) is 14.3. The quantitative estimate of drug-likeness (QED) is 0.848. The van der Waals surface area contributed by atoms with Crippen LogP contribution in [0.25, 0.3) is 5.57 Å². The molecule has 1 N–H and O–H groups in total. The minimum Gasteiger partial charge on any atom is -0.388 e. The summed E-state index contributed by atoms with van der Waals surface area (Å²) in [5.41, 5.74) is 5.02. The van der Waals surface area contributed by atoms with Crippen molar-refractivity contribution in [2.45, 2.75) is 12.8 Å². The number of nitrogens with one attached hydrogen (secondary N) is 1. The molecule has 122 valence electrons. The Morgan fingerprint density at radius 1 is 1.08 bits per heavy atom. The average Bonchev–Trinajstić information content (AvgIpc) is 2.67. The maximum absolute atomic E-state index is 3.30. The standard InChI is InChI=1S/C22H24N2/c1-23-22-12-7-9-19(18-22)8-5-6-15-24-16-13-21(14-17-24)20-10-3-2-4-11-20/h2-4,7,9-13,18,23H,6,14-17H2,1H3. The summed E-state index contributed by atoms with van der Waals surface area (Å²) in [6.07, 6.45) is 4.41. The third-order valence-corrected chi connectivity index (χ3v) is 4.37. The summed E-state index contributed by atoms with van der Waals surface area (Å²) in [5.74, 6) is 6.56. The monoisotopic (exact) mass is 316 g/mol. The van der Waals surface area contributed by atoms with Crippen molar-refractivity contribution in [3.05, 3.63) is 71.8 Å². The van der Waals surface area contributed by atoms with Crippen LogP contribution in [0, 0.1) is 11.8 Å². The van der Waals surface area contributed by atoms with Crippen molar-refractivity contribution >= 4 is 11.3 Å². The molecule has 0 bridgehead atoms. The molecule has 0 saturated heterocycles. The van der Waals surface area contributed by atoms with Gasteiger partial charge in [0.15, 0.2) is 0 Å². The van der Waals surface area contributed by atoms with Crippen LogP contribution in [0.15, 0.2) is 60.7 Å². The zero-order valence-electron chi connectivity index (χ0n) is 14.3. The van der Waals surface area contributed by atoms with Crippen LogP contribution < -0.4 is 5.32 Å². The Morgan fingerprint density at radius 3 is 2.71 bits per heavy atom. The van der Waals surface area contributed by atoms with E-state index in [0.29, 0.717) is 0 Å². The van der Waals surface area contributed by atoms with Gasteiger partial charge in [-0.05, 0) is 35.8 Å². The second-order valence-electron chi connectivity index (χ2n) is 6.03. The van der Waals surface area contributed by atoms with Crippen LogP contribution in [0.4, 0.5) is 5.69 Å². The van der Waals surface area contributed by atoms with Gasteiger partial charge in [-0.15, -0.1) is 0 Å². The topological polar surface area (TPSA) is 15.3 Å². The van der Waals surface area contributed by atoms with E-state index >= 15 is 0 Å². The summed E-state index contributed by atoms with van der Waals surface area (Å²) in [6.45, 7) is 3.19. The van der Waals surface area contributed by atoms with Crippen molar-refractivity contribution in [1.29, 1.82) is 0 Å². The van der Waals surface area contributed by atoms with Crippen molar-refractivity contribution in [1.82, 2.24) is 4.90 Å². The summed E-state index contributed by atoms with van der Waals surface area (Å²) < 4.78 is 0.